The first-order valence-electron chi connectivity index (χ1n) is 5.52. The smallest absolute Gasteiger partial charge is 0.174 e. The Labute approximate surface area is 101 Å². The quantitative estimate of drug-likeness (QED) is 0.871. The monoisotopic (exact) mass is 226 g/mol. The second-order valence-electron chi connectivity index (χ2n) is 3.74. The van der Waals surface area contributed by atoms with Crippen molar-refractivity contribution >= 4 is 10.8 Å². The van der Waals surface area contributed by atoms with E-state index in [0.717, 1.165) is 23.2 Å². The van der Waals surface area contributed by atoms with Gasteiger partial charge in [-0.25, -0.2) is 0 Å². The van der Waals surface area contributed by atoms with Crippen molar-refractivity contribution in [1.29, 1.82) is 5.26 Å². The molecule has 1 N–H and O–H groups in total. The largest absolute Gasteiger partial charge is 0.478 e. The van der Waals surface area contributed by atoms with Gasteiger partial charge in [0.2, 0.25) is 0 Å². The van der Waals surface area contributed by atoms with Crippen molar-refractivity contribution in [3.63, 3.8) is 0 Å². The fourth-order valence-corrected chi connectivity index (χ4v) is 1.92. The van der Waals surface area contributed by atoms with E-state index in [2.05, 4.69) is 17.4 Å². The Kier molecular flexibility index (Phi) is 3.59. The van der Waals surface area contributed by atoms with Crippen molar-refractivity contribution in [3.8, 4) is 11.8 Å². The first-order valence-corrected chi connectivity index (χ1v) is 5.52. The van der Waals surface area contributed by atoms with E-state index in [1.165, 1.54) is 5.39 Å². The molecule has 2 aromatic rings. The van der Waals surface area contributed by atoms with E-state index < -0.39 is 0 Å². The highest BCUT2D eigenvalue weighted by Gasteiger charge is 2.07. The molecule has 3 heteroatoms. The zero-order valence-electron chi connectivity index (χ0n) is 9.73. The van der Waals surface area contributed by atoms with Crippen molar-refractivity contribution in [1.82, 2.24) is 5.32 Å². The Morgan fingerprint density at radius 1 is 1.24 bits per heavy atom. The number of hydrogen-bond acceptors (Lipinski definition) is 3. The maximum Gasteiger partial charge on any atom is 0.174 e. The third kappa shape index (κ3) is 2.38. The van der Waals surface area contributed by atoms with E-state index in [-0.39, 0.29) is 6.61 Å². The van der Waals surface area contributed by atoms with Crippen LogP contribution in [-0.2, 0) is 6.54 Å². The van der Waals surface area contributed by atoms with Gasteiger partial charge in [-0.1, -0.05) is 30.3 Å². The van der Waals surface area contributed by atoms with E-state index >= 15 is 0 Å². The minimum Gasteiger partial charge on any atom is -0.478 e. The Bertz CT molecular complexity index is 558. The van der Waals surface area contributed by atoms with Gasteiger partial charge in [0, 0.05) is 12.1 Å². The molecular weight excluding hydrogens is 212 g/mol. The predicted octanol–water partition coefficient (Wildman–Crippen LogP) is 2.46. The fourth-order valence-electron chi connectivity index (χ4n) is 1.92. The Balaban J connectivity index is 2.52. The maximum atomic E-state index is 8.57. The van der Waals surface area contributed by atoms with Gasteiger partial charge in [0.05, 0.1) is 0 Å². The highest BCUT2D eigenvalue weighted by atomic mass is 16.5. The Morgan fingerprint density at radius 2 is 2.06 bits per heavy atom. The van der Waals surface area contributed by atoms with Gasteiger partial charge in [0.1, 0.15) is 11.8 Å². The van der Waals surface area contributed by atoms with Crippen molar-refractivity contribution < 1.29 is 4.74 Å². The average molecular weight is 226 g/mol. The first-order chi connectivity index (χ1) is 8.36. The summed E-state index contributed by atoms with van der Waals surface area (Å²) in [6.45, 7) is 0.803. The highest BCUT2D eigenvalue weighted by Crippen LogP contribution is 2.27. The number of nitrogens with one attached hydrogen (secondary N) is 1. The average Bonchev–Trinajstić information content (AvgIpc) is 2.38. The molecule has 0 spiro atoms. The van der Waals surface area contributed by atoms with Crippen LogP contribution < -0.4 is 10.1 Å². The first kappa shape index (κ1) is 11.4. The zero-order valence-corrected chi connectivity index (χ0v) is 9.73. The van der Waals surface area contributed by atoms with Gasteiger partial charge in [0.15, 0.2) is 6.61 Å². The van der Waals surface area contributed by atoms with E-state index in [1.54, 1.807) is 0 Å². The third-order valence-electron chi connectivity index (χ3n) is 2.64. The molecule has 0 saturated carbocycles. The molecular formula is C14H14N2O. The number of benzene rings is 2. The van der Waals surface area contributed by atoms with Crippen molar-refractivity contribution in [2.24, 2.45) is 0 Å². The van der Waals surface area contributed by atoms with Crippen LogP contribution in [0, 0.1) is 11.3 Å². The summed E-state index contributed by atoms with van der Waals surface area (Å²) in [5.74, 6) is 0.777. The lowest BCUT2D eigenvalue weighted by Gasteiger charge is -2.12. The molecule has 0 amide bonds. The van der Waals surface area contributed by atoms with E-state index in [1.807, 2.05) is 37.4 Å². The lowest BCUT2D eigenvalue weighted by Crippen LogP contribution is -2.08. The molecule has 17 heavy (non-hydrogen) atoms. The van der Waals surface area contributed by atoms with Crippen molar-refractivity contribution in [2.75, 3.05) is 13.7 Å². The second kappa shape index (κ2) is 5.33. The minimum absolute atomic E-state index is 0.0784. The molecule has 0 aromatic heterocycles. The Hall–Kier alpha value is -2.05. The highest BCUT2D eigenvalue weighted by molar-refractivity contribution is 5.87. The standard InChI is InChI=1S/C14H14N2O/c1-16-10-13-12-5-3-2-4-11(12)6-7-14(13)17-9-8-15/h2-7,16H,9-10H2,1H3. The number of nitrogens with zero attached hydrogens (tertiary/aromatic N) is 1. The molecule has 86 valence electrons. The predicted molar refractivity (Wildman–Crippen MR) is 67.8 cm³/mol. The topological polar surface area (TPSA) is 45.0 Å². The zero-order chi connectivity index (χ0) is 12.1. The minimum atomic E-state index is 0.0784. The summed E-state index contributed by atoms with van der Waals surface area (Å²) in [6.07, 6.45) is 0. The van der Waals surface area contributed by atoms with E-state index in [4.69, 9.17) is 10.00 Å². The summed E-state index contributed by atoms with van der Waals surface area (Å²) >= 11 is 0. The molecule has 0 radical (unpaired) electrons. The van der Waals surface area contributed by atoms with Gasteiger partial charge in [-0.3, -0.25) is 0 Å². The second-order valence-corrected chi connectivity index (χ2v) is 3.74. The van der Waals surface area contributed by atoms with Crippen molar-refractivity contribution in [3.05, 3.63) is 42.0 Å². The normalized spacial score (nSPS) is 10.1. The number of rotatable bonds is 4. The van der Waals surface area contributed by atoms with Gasteiger partial charge >= 0.3 is 0 Å². The third-order valence-corrected chi connectivity index (χ3v) is 2.64. The molecule has 2 rings (SSSR count). The number of nitriles is 1. The van der Waals surface area contributed by atoms with Crippen LogP contribution in [0.5, 0.6) is 5.75 Å². The molecule has 0 aliphatic rings. The van der Waals surface area contributed by atoms with Crippen LogP contribution in [0.2, 0.25) is 0 Å². The molecule has 0 aliphatic heterocycles. The van der Waals surface area contributed by atoms with Gasteiger partial charge < -0.3 is 10.1 Å². The van der Waals surface area contributed by atoms with Gasteiger partial charge in [-0.15, -0.1) is 0 Å². The molecule has 0 aliphatic carbocycles. The SMILES string of the molecule is CNCc1c(OCC#N)ccc2ccccc12. The fraction of sp³-hybridized carbons (Fsp3) is 0.214. The molecule has 0 bridgehead atoms. The number of hydrogen-bond donors (Lipinski definition) is 1. The van der Waals surface area contributed by atoms with Crippen LogP contribution in [0.15, 0.2) is 36.4 Å². The van der Waals surface area contributed by atoms with Gasteiger partial charge in [0.25, 0.3) is 0 Å². The maximum absolute atomic E-state index is 8.57. The van der Waals surface area contributed by atoms with Crippen LogP contribution >= 0.6 is 0 Å². The summed E-state index contributed by atoms with van der Waals surface area (Å²) in [5, 5.41) is 14.0. The molecule has 0 atom stereocenters. The molecule has 3 nitrogen and oxygen atoms in total. The lowest BCUT2D eigenvalue weighted by molar-refractivity contribution is 0.364. The molecule has 0 heterocycles. The molecule has 0 unspecified atom stereocenters. The Morgan fingerprint density at radius 3 is 2.82 bits per heavy atom. The summed E-state index contributed by atoms with van der Waals surface area (Å²) in [6, 6.07) is 14.1. The summed E-state index contributed by atoms with van der Waals surface area (Å²) in [4.78, 5) is 0. The van der Waals surface area contributed by atoms with E-state index in [0.29, 0.717) is 0 Å². The summed E-state index contributed by atoms with van der Waals surface area (Å²) in [7, 11) is 1.90. The van der Waals surface area contributed by atoms with Crippen LogP contribution in [0.3, 0.4) is 0 Å². The summed E-state index contributed by atoms with van der Waals surface area (Å²) < 4.78 is 5.45. The van der Waals surface area contributed by atoms with Crippen molar-refractivity contribution in [2.45, 2.75) is 6.54 Å². The van der Waals surface area contributed by atoms with Crippen LogP contribution in [0.1, 0.15) is 5.56 Å². The molecule has 0 fully saturated rings. The number of ether oxygens (including phenoxy) is 1. The van der Waals surface area contributed by atoms with Crippen LogP contribution in [-0.4, -0.2) is 13.7 Å². The molecule has 2 aromatic carbocycles. The summed E-state index contributed by atoms with van der Waals surface area (Å²) in [5.41, 5.74) is 1.10. The van der Waals surface area contributed by atoms with Crippen LogP contribution in [0.25, 0.3) is 10.8 Å². The lowest BCUT2D eigenvalue weighted by atomic mass is 10.0. The molecule has 0 saturated heterocycles. The number of fused-ring (bicyclic) bond motifs is 1. The van der Waals surface area contributed by atoms with Gasteiger partial charge in [-0.05, 0) is 23.9 Å². The van der Waals surface area contributed by atoms with Gasteiger partial charge in [-0.2, -0.15) is 5.26 Å². The van der Waals surface area contributed by atoms with E-state index in [9.17, 15) is 0 Å². The van der Waals surface area contributed by atoms with Crippen LogP contribution in [0.4, 0.5) is 0 Å².